The van der Waals surface area contributed by atoms with Crippen LogP contribution in [0, 0.1) is 0 Å². The molecule has 0 spiro atoms. The van der Waals surface area contributed by atoms with Gasteiger partial charge in [0.05, 0.1) is 12.7 Å². The number of methoxy groups -OCH3 is 1. The molecule has 0 saturated heterocycles. The van der Waals surface area contributed by atoms with Crippen LogP contribution in [0.25, 0.3) is 0 Å². The summed E-state index contributed by atoms with van der Waals surface area (Å²) in [6, 6.07) is 1.41. The highest BCUT2D eigenvalue weighted by Gasteiger charge is 2.28. The van der Waals surface area contributed by atoms with Crippen molar-refractivity contribution in [2.45, 2.75) is 52.7 Å². The highest BCUT2D eigenvalue weighted by molar-refractivity contribution is 7.14. The third-order valence-corrected chi connectivity index (χ3v) is 3.32. The van der Waals surface area contributed by atoms with Gasteiger partial charge in [0, 0.05) is 5.38 Å². The van der Waals surface area contributed by atoms with Gasteiger partial charge >= 0.3 is 18.2 Å². The molecule has 0 aliphatic heterocycles. The first-order chi connectivity index (χ1) is 11.3. The van der Waals surface area contributed by atoms with E-state index in [0.29, 0.717) is 0 Å². The summed E-state index contributed by atoms with van der Waals surface area (Å²) in [6.07, 6.45) is -1.64. The van der Waals surface area contributed by atoms with Crippen molar-refractivity contribution in [2.24, 2.45) is 0 Å². The molecule has 0 fully saturated rings. The van der Waals surface area contributed by atoms with E-state index in [1.165, 1.54) is 18.6 Å². The number of carbonyl (C=O) groups is 3. The van der Waals surface area contributed by atoms with E-state index in [2.05, 4.69) is 10.2 Å². The molecule has 0 aliphatic rings. The molecule has 1 N–H and O–H groups in total. The van der Waals surface area contributed by atoms with Gasteiger partial charge in [0.25, 0.3) is 0 Å². The molecule has 2 amide bonds. The number of thiophene rings is 1. The number of anilines is 1. The summed E-state index contributed by atoms with van der Waals surface area (Å²) < 4.78 is 15.1. The lowest BCUT2D eigenvalue weighted by Crippen LogP contribution is -2.49. The van der Waals surface area contributed by atoms with Crippen molar-refractivity contribution >= 4 is 34.5 Å². The topological polar surface area (TPSA) is 94.2 Å². The van der Waals surface area contributed by atoms with Crippen LogP contribution in [-0.2, 0) is 14.2 Å². The molecular formula is C16H24N2O6S. The number of esters is 1. The van der Waals surface area contributed by atoms with Crippen LogP contribution >= 0.6 is 11.3 Å². The van der Waals surface area contributed by atoms with Crippen LogP contribution in [0.5, 0.6) is 0 Å². The van der Waals surface area contributed by atoms with Gasteiger partial charge < -0.3 is 14.2 Å². The molecule has 1 rings (SSSR count). The summed E-state index contributed by atoms with van der Waals surface area (Å²) >= 11 is 1.07. The quantitative estimate of drug-likeness (QED) is 0.483. The first-order valence-corrected chi connectivity index (χ1v) is 8.40. The maximum atomic E-state index is 12.4. The van der Waals surface area contributed by atoms with E-state index in [0.717, 1.165) is 16.3 Å². The average molecular weight is 372 g/mol. The van der Waals surface area contributed by atoms with Crippen LogP contribution in [0.15, 0.2) is 11.4 Å². The number of nitrogens with one attached hydrogen (secondary N) is 1. The molecule has 0 aromatic carbocycles. The number of hydrazine groups is 1. The Morgan fingerprint density at radius 1 is 1.04 bits per heavy atom. The number of ether oxygens (including phenoxy) is 3. The highest BCUT2D eigenvalue weighted by atomic mass is 32.1. The Balaban J connectivity index is 3.06. The first kappa shape index (κ1) is 20.8. The van der Waals surface area contributed by atoms with Crippen molar-refractivity contribution in [3.05, 3.63) is 17.0 Å². The second kappa shape index (κ2) is 7.73. The minimum Gasteiger partial charge on any atom is -0.465 e. The van der Waals surface area contributed by atoms with E-state index < -0.39 is 29.4 Å². The summed E-state index contributed by atoms with van der Waals surface area (Å²) in [7, 11) is 1.25. The largest absolute Gasteiger partial charge is 0.465 e. The van der Waals surface area contributed by atoms with Crippen molar-refractivity contribution in [3.63, 3.8) is 0 Å². The van der Waals surface area contributed by atoms with Crippen LogP contribution < -0.4 is 10.4 Å². The monoisotopic (exact) mass is 372 g/mol. The van der Waals surface area contributed by atoms with Gasteiger partial charge in [-0.25, -0.2) is 19.8 Å². The van der Waals surface area contributed by atoms with Gasteiger partial charge in [-0.3, -0.25) is 0 Å². The molecule has 0 bridgehead atoms. The van der Waals surface area contributed by atoms with Crippen molar-refractivity contribution in [2.75, 3.05) is 12.1 Å². The van der Waals surface area contributed by atoms with Gasteiger partial charge in [0.1, 0.15) is 16.2 Å². The number of amides is 2. The maximum Gasteiger partial charge on any atom is 0.434 e. The zero-order chi connectivity index (χ0) is 19.4. The molecule has 0 saturated carbocycles. The predicted octanol–water partition coefficient (Wildman–Crippen LogP) is 3.72. The lowest BCUT2D eigenvalue weighted by molar-refractivity contribution is 0.0426. The second-order valence-corrected chi connectivity index (χ2v) is 7.98. The minimum absolute atomic E-state index is 0.252. The van der Waals surface area contributed by atoms with Gasteiger partial charge in [-0.05, 0) is 47.6 Å². The van der Waals surface area contributed by atoms with E-state index in [4.69, 9.17) is 9.47 Å². The molecule has 9 heteroatoms. The molecule has 0 aliphatic carbocycles. The van der Waals surface area contributed by atoms with E-state index in [9.17, 15) is 14.4 Å². The Labute approximate surface area is 151 Å². The summed E-state index contributed by atoms with van der Waals surface area (Å²) in [5.74, 6) is -0.552. The molecule has 1 aromatic rings. The Bertz CT molecular complexity index is 642. The molecule has 8 nitrogen and oxygen atoms in total. The smallest absolute Gasteiger partial charge is 0.434 e. The van der Waals surface area contributed by atoms with E-state index in [1.54, 1.807) is 41.5 Å². The molecule has 140 valence electrons. The highest BCUT2D eigenvalue weighted by Crippen LogP contribution is 2.26. The Hall–Kier alpha value is -2.29. The number of hydrogen-bond acceptors (Lipinski definition) is 7. The third kappa shape index (κ3) is 7.00. The average Bonchev–Trinajstić information content (AvgIpc) is 2.89. The molecule has 0 atom stereocenters. The Morgan fingerprint density at radius 2 is 1.60 bits per heavy atom. The molecule has 1 heterocycles. The normalized spacial score (nSPS) is 11.5. The van der Waals surface area contributed by atoms with Gasteiger partial charge in [0.15, 0.2) is 0 Å². The fourth-order valence-electron chi connectivity index (χ4n) is 1.56. The van der Waals surface area contributed by atoms with E-state index >= 15 is 0 Å². The van der Waals surface area contributed by atoms with Crippen LogP contribution in [0.1, 0.15) is 51.9 Å². The summed E-state index contributed by atoms with van der Waals surface area (Å²) in [6.45, 7) is 10.2. The van der Waals surface area contributed by atoms with Gasteiger partial charge in [-0.15, -0.1) is 11.3 Å². The van der Waals surface area contributed by atoms with Crippen LogP contribution in [-0.4, -0.2) is 36.5 Å². The Morgan fingerprint density at radius 3 is 2.08 bits per heavy atom. The minimum atomic E-state index is -0.827. The lowest BCUT2D eigenvalue weighted by Gasteiger charge is -2.27. The maximum absolute atomic E-state index is 12.4. The zero-order valence-electron chi connectivity index (χ0n) is 15.5. The van der Waals surface area contributed by atoms with Crippen molar-refractivity contribution < 1.29 is 28.6 Å². The molecule has 25 heavy (non-hydrogen) atoms. The first-order valence-electron chi connectivity index (χ1n) is 7.52. The lowest BCUT2D eigenvalue weighted by atomic mass is 10.2. The second-order valence-electron chi connectivity index (χ2n) is 7.09. The summed E-state index contributed by atoms with van der Waals surface area (Å²) in [4.78, 5) is 36.1. The van der Waals surface area contributed by atoms with Gasteiger partial charge in [0.2, 0.25) is 0 Å². The van der Waals surface area contributed by atoms with Crippen LogP contribution in [0.2, 0.25) is 0 Å². The number of hydrogen-bond donors (Lipinski definition) is 1. The SMILES string of the molecule is COC(=O)c1csc(N(NC(=O)OC(C)(C)C)C(=O)OC(C)(C)C)c1. The molecular weight excluding hydrogens is 348 g/mol. The number of nitrogens with zero attached hydrogens (tertiary/aromatic N) is 1. The molecule has 1 aromatic heterocycles. The summed E-state index contributed by atoms with van der Waals surface area (Å²) in [5, 5.41) is 2.69. The van der Waals surface area contributed by atoms with Crippen molar-refractivity contribution in [1.82, 2.24) is 5.43 Å². The third-order valence-electron chi connectivity index (χ3n) is 2.41. The van der Waals surface area contributed by atoms with Crippen LogP contribution in [0.4, 0.5) is 14.6 Å². The van der Waals surface area contributed by atoms with Crippen molar-refractivity contribution in [1.29, 1.82) is 0 Å². The van der Waals surface area contributed by atoms with Gasteiger partial charge in [-0.2, -0.15) is 5.01 Å². The van der Waals surface area contributed by atoms with E-state index in [1.807, 2.05) is 0 Å². The summed E-state index contributed by atoms with van der Waals surface area (Å²) in [5.41, 5.74) is 1.08. The zero-order valence-corrected chi connectivity index (χ0v) is 16.3. The fraction of sp³-hybridized carbons (Fsp3) is 0.562. The Kier molecular flexibility index (Phi) is 6.42. The van der Waals surface area contributed by atoms with Gasteiger partial charge in [-0.1, -0.05) is 0 Å². The van der Waals surface area contributed by atoms with Crippen LogP contribution in [0.3, 0.4) is 0 Å². The number of rotatable bonds is 2. The fourth-order valence-corrected chi connectivity index (χ4v) is 2.39. The predicted molar refractivity (Wildman–Crippen MR) is 93.7 cm³/mol. The standard InChI is InChI=1S/C16H24N2O6S/c1-15(2,3)23-13(20)17-18(14(21)24-16(4,5)6)11-8-10(9-25-11)12(19)22-7/h8-9H,1-7H3,(H,17,20). The number of carbonyl (C=O) groups excluding carboxylic acids is 3. The van der Waals surface area contributed by atoms with Crippen molar-refractivity contribution in [3.8, 4) is 0 Å². The van der Waals surface area contributed by atoms with E-state index in [-0.39, 0.29) is 10.6 Å². The molecule has 0 unspecified atom stereocenters. The molecule has 0 radical (unpaired) electrons.